The van der Waals surface area contributed by atoms with Crippen LogP contribution in [0.1, 0.15) is 40.7 Å². The SMILES string of the molecule is CCc1nc2ccc(-c3cnc(C)n3C)cc2c(C#N)c1Cc1ccc(C(F)(F)F)cc1. The third-order valence-corrected chi connectivity index (χ3v) is 5.80. The summed E-state index contributed by atoms with van der Waals surface area (Å²) in [5.74, 6) is 0.878. The molecule has 4 aromatic rings. The van der Waals surface area contributed by atoms with Gasteiger partial charge in [-0.05, 0) is 48.7 Å². The molecule has 4 nitrogen and oxygen atoms in total. The van der Waals surface area contributed by atoms with Crippen LogP contribution in [0.15, 0.2) is 48.7 Å². The van der Waals surface area contributed by atoms with Crippen molar-refractivity contribution in [1.29, 1.82) is 5.26 Å². The molecule has 0 amide bonds. The average molecular weight is 434 g/mol. The number of pyridine rings is 1. The van der Waals surface area contributed by atoms with Crippen molar-refractivity contribution < 1.29 is 13.2 Å². The zero-order valence-corrected chi connectivity index (χ0v) is 18.0. The van der Waals surface area contributed by atoms with Crippen molar-refractivity contribution >= 4 is 10.9 Å². The van der Waals surface area contributed by atoms with Gasteiger partial charge in [-0.2, -0.15) is 18.4 Å². The molecule has 32 heavy (non-hydrogen) atoms. The second kappa shape index (κ2) is 8.12. The van der Waals surface area contributed by atoms with Crippen LogP contribution < -0.4 is 0 Å². The van der Waals surface area contributed by atoms with Gasteiger partial charge < -0.3 is 4.57 Å². The number of fused-ring (bicyclic) bond motifs is 1. The topological polar surface area (TPSA) is 54.5 Å². The molecule has 7 heteroatoms. The molecule has 2 aromatic carbocycles. The molecule has 4 rings (SSSR count). The standard InChI is InChI=1S/C25H21F3N4/c1-4-22-19(11-16-5-8-18(9-6-16)25(26,27)28)21(13-29)20-12-17(7-10-23(20)31-22)24-14-30-15(2)32(24)3/h5-10,12,14H,4,11H2,1-3H3. The van der Waals surface area contributed by atoms with E-state index in [1.54, 1.807) is 6.20 Å². The van der Waals surface area contributed by atoms with Gasteiger partial charge in [0, 0.05) is 30.1 Å². The van der Waals surface area contributed by atoms with E-state index in [9.17, 15) is 18.4 Å². The normalized spacial score (nSPS) is 11.7. The summed E-state index contributed by atoms with van der Waals surface area (Å²) in [4.78, 5) is 9.11. The molecule has 0 radical (unpaired) electrons. The lowest BCUT2D eigenvalue weighted by molar-refractivity contribution is -0.137. The maximum absolute atomic E-state index is 12.9. The summed E-state index contributed by atoms with van der Waals surface area (Å²) < 4.78 is 40.7. The molecule has 0 aliphatic carbocycles. The molecule has 0 unspecified atom stereocenters. The Morgan fingerprint density at radius 2 is 1.81 bits per heavy atom. The van der Waals surface area contributed by atoms with Crippen LogP contribution in [0.3, 0.4) is 0 Å². The first kappa shape index (κ1) is 21.6. The minimum absolute atomic E-state index is 0.336. The first-order valence-electron chi connectivity index (χ1n) is 10.2. The monoisotopic (exact) mass is 434 g/mol. The molecular formula is C25H21F3N4. The van der Waals surface area contributed by atoms with Crippen LogP contribution in [0.5, 0.6) is 0 Å². The maximum Gasteiger partial charge on any atom is 0.416 e. The van der Waals surface area contributed by atoms with Crippen molar-refractivity contribution in [3.05, 3.63) is 82.4 Å². The molecule has 0 aliphatic rings. The smallest absolute Gasteiger partial charge is 0.331 e. The van der Waals surface area contributed by atoms with E-state index in [0.29, 0.717) is 24.0 Å². The fourth-order valence-electron chi connectivity index (χ4n) is 3.91. The summed E-state index contributed by atoms with van der Waals surface area (Å²) >= 11 is 0. The molecule has 0 aliphatic heterocycles. The van der Waals surface area contributed by atoms with Crippen molar-refractivity contribution in [1.82, 2.24) is 14.5 Å². The summed E-state index contributed by atoms with van der Waals surface area (Å²) in [6.45, 7) is 3.88. The molecule has 0 spiro atoms. The molecule has 0 saturated carbocycles. The lowest BCUT2D eigenvalue weighted by Gasteiger charge is -2.14. The van der Waals surface area contributed by atoms with Gasteiger partial charge in [0.15, 0.2) is 0 Å². The Morgan fingerprint density at radius 3 is 2.38 bits per heavy atom. The van der Waals surface area contributed by atoms with Crippen LogP contribution in [0, 0.1) is 18.3 Å². The summed E-state index contributed by atoms with van der Waals surface area (Å²) in [5.41, 5.74) is 4.61. The third-order valence-electron chi connectivity index (χ3n) is 5.80. The van der Waals surface area contributed by atoms with E-state index in [1.807, 2.05) is 43.7 Å². The van der Waals surface area contributed by atoms with Crippen LogP contribution >= 0.6 is 0 Å². The van der Waals surface area contributed by atoms with E-state index in [4.69, 9.17) is 4.98 Å². The number of rotatable bonds is 4. The van der Waals surface area contributed by atoms with Crippen LogP contribution in [0.2, 0.25) is 0 Å². The zero-order chi connectivity index (χ0) is 23.0. The van der Waals surface area contributed by atoms with Gasteiger partial charge in [0.2, 0.25) is 0 Å². The van der Waals surface area contributed by atoms with Gasteiger partial charge in [-0.15, -0.1) is 0 Å². The number of aryl methyl sites for hydroxylation is 2. The predicted octanol–water partition coefficient (Wildman–Crippen LogP) is 5.99. The summed E-state index contributed by atoms with van der Waals surface area (Å²) in [6, 6.07) is 13.2. The summed E-state index contributed by atoms with van der Waals surface area (Å²) in [5, 5.41) is 10.8. The van der Waals surface area contributed by atoms with Gasteiger partial charge in [0.25, 0.3) is 0 Å². The van der Waals surface area contributed by atoms with Crippen molar-refractivity contribution in [2.45, 2.75) is 32.9 Å². The Labute approximate surface area is 184 Å². The Bertz CT molecular complexity index is 1340. The minimum atomic E-state index is -4.38. The van der Waals surface area contributed by atoms with Crippen molar-refractivity contribution in [3.8, 4) is 17.3 Å². The Hall–Kier alpha value is -3.66. The van der Waals surface area contributed by atoms with Crippen molar-refractivity contribution in [2.75, 3.05) is 0 Å². The second-order valence-electron chi connectivity index (χ2n) is 7.73. The summed E-state index contributed by atoms with van der Waals surface area (Å²) in [7, 11) is 1.93. The third kappa shape index (κ3) is 3.84. The zero-order valence-electron chi connectivity index (χ0n) is 18.0. The number of benzene rings is 2. The molecule has 0 saturated heterocycles. The molecular weight excluding hydrogens is 413 g/mol. The van der Waals surface area contributed by atoms with Crippen LogP contribution in [-0.4, -0.2) is 14.5 Å². The lowest BCUT2D eigenvalue weighted by Crippen LogP contribution is -2.06. The van der Waals surface area contributed by atoms with Gasteiger partial charge in [0.1, 0.15) is 11.9 Å². The van der Waals surface area contributed by atoms with E-state index >= 15 is 0 Å². The highest BCUT2D eigenvalue weighted by Crippen LogP contribution is 2.32. The summed E-state index contributed by atoms with van der Waals surface area (Å²) in [6.07, 6.45) is -1.64. The number of aromatic nitrogens is 3. The van der Waals surface area contributed by atoms with Gasteiger partial charge in [-0.3, -0.25) is 4.98 Å². The highest BCUT2D eigenvalue weighted by atomic mass is 19.4. The van der Waals surface area contributed by atoms with Crippen molar-refractivity contribution in [2.24, 2.45) is 7.05 Å². The first-order valence-corrected chi connectivity index (χ1v) is 10.2. The molecule has 0 N–H and O–H groups in total. The Kier molecular flexibility index (Phi) is 5.47. The molecule has 2 heterocycles. The Balaban J connectivity index is 1.84. The van der Waals surface area contributed by atoms with E-state index in [1.165, 1.54) is 12.1 Å². The molecule has 162 valence electrons. The number of halogens is 3. The van der Waals surface area contributed by atoms with E-state index in [0.717, 1.165) is 51.4 Å². The maximum atomic E-state index is 12.9. The number of hydrogen-bond acceptors (Lipinski definition) is 3. The van der Waals surface area contributed by atoms with Crippen LogP contribution in [-0.2, 0) is 26.1 Å². The fraction of sp³-hybridized carbons (Fsp3) is 0.240. The number of nitriles is 1. The Morgan fingerprint density at radius 1 is 1.09 bits per heavy atom. The minimum Gasteiger partial charge on any atom is -0.331 e. The van der Waals surface area contributed by atoms with Gasteiger partial charge >= 0.3 is 6.18 Å². The molecule has 0 atom stereocenters. The highest BCUT2D eigenvalue weighted by Gasteiger charge is 2.30. The second-order valence-corrected chi connectivity index (χ2v) is 7.73. The van der Waals surface area contributed by atoms with E-state index in [2.05, 4.69) is 11.1 Å². The van der Waals surface area contributed by atoms with Gasteiger partial charge in [-0.1, -0.05) is 25.1 Å². The first-order chi connectivity index (χ1) is 15.2. The van der Waals surface area contributed by atoms with E-state index < -0.39 is 11.7 Å². The quantitative estimate of drug-likeness (QED) is 0.397. The fourth-order valence-corrected chi connectivity index (χ4v) is 3.91. The average Bonchev–Trinajstić information content (AvgIpc) is 3.11. The number of alkyl halides is 3. The van der Waals surface area contributed by atoms with Gasteiger partial charge in [0.05, 0.1) is 28.5 Å². The molecule has 2 aromatic heterocycles. The molecule has 0 fully saturated rings. The lowest BCUT2D eigenvalue weighted by atomic mass is 9.93. The predicted molar refractivity (Wildman–Crippen MR) is 117 cm³/mol. The van der Waals surface area contributed by atoms with Crippen LogP contribution in [0.4, 0.5) is 13.2 Å². The van der Waals surface area contributed by atoms with Crippen LogP contribution in [0.25, 0.3) is 22.2 Å². The number of imidazole rings is 1. The molecule has 0 bridgehead atoms. The number of nitrogens with zero attached hydrogens (tertiary/aromatic N) is 4. The van der Waals surface area contributed by atoms with Crippen molar-refractivity contribution in [3.63, 3.8) is 0 Å². The van der Waals surface area contributed by atoms with E-state index in [-0.39, 0.29) is 0 Å². The number of hydrogen-bond donors (Lipinski definition) is 0. The highest BCUT2D eigenvalue weighted by molar-refractivity contribution is 5.90. The largest absolute Gasteiger partial charge is 0.416 e. The van der Waals surface area contributed by atoms with Gasteiger partial charge in [-0.25, -0.2) is 4.98 Å².